The van der Waals surface area contributed by atoms with Crippen molar-refractivity contribution in [1.82, 2.24) is 14.6 Å². The van der Waals surface area contributed by atoms with Crippen LogP contribution in [0.2, 0.25) is 0 Å². The minimum absolute atomic E-state index is 0.00737. The Morgan fingerprint density at radius 3 is 2.67 bits per heavy atom. The number of benzene rings is 2. The van der Waals surface area contributed by atoms with E-state index in [0.29, 0.717) is 17.7 Å². The van der Waals surface area contributed by atoms with E-state index in [1.165, 1.54) is 18.2 Å². The first-order valence-electron chi connectivity index (χ1n) is 9.54. The molecule has 0 amide bonds. The van der Waals surface area contributed by atoms with Gasteiger partial charge in [-0.25, -0.2) is 9.50 Å². The average molecular weight is 404 g/mol. The molecule has 0 N–H and O–H groups in total. The van der Waals surface area contributed by atoms with Gasteiger partial charge in [0.15, 0.2) is 5.65 Å². The van der Waals surface area contributed by atoms with Gasteiger partial charge in [0.1, 0.15) is 5.75 Å². The van der Waals surface area contributed by atoms with Gasteiger partial charge in [-0.05, 0) is 57.0 Å². The van der Waals surface area contributed by atoms with Crippen LogP contribution in [0.1, 0.15) is 28.9 Å². The molecule has 0 aliphatic carbocycles. The van der Waals surface area contributed by atoms with Crippen LogP contribution in [-0.4, -0.2) is 25.5 Å². The zero-order valence-electron chi connectivity index (χ0n) is 16.9. The third-order valence-corrected chi connectivity index (χ3v) is 5.19. The topological polar surface area (TPSA) is 99.6 Å². The molecule has 4 rings (SSSR count). The number of ether oxygens (including phenoxy) is 1. The van der Waals surface area contributed by atoms with Crippen molar-refractivity contribution in [3.63, 3.8) is 0 Å². The second kappa shape index (κ2) is 7.55. The maximum Gasteiger partial charge on any atom is 0.311 e. The van der Waals surface area contributed by atoms with Gasteiger partial charge >= 0.3 is 5.97 Å². The lowest BCUT2D eigenvalue weighted by Crippen LogP contribution is -2.12. The molecule has 2 aromatic carbocycles. The lowest BCUT2D eigenvalue weighted by atomic mass is 10.1. The second-order valence-electron chi connectivity index (χ2n) is 7.19. The van der Waals surface area contributed by atoms with E-state index in [1.54, 1.807) is 6.92 Å². The van der Waals surface area contributed by atoms with Gasteiger partial charge in [-0.1, -0.05) is 12.1 Å². The van der Waals surface area contributed by atoms with E-state index in [9.17, 15) is 14.9 Å². The third-order valence-electron chi connectivity index (χ3n) is 5.19. The molecule has 0 bridgehead atoms. The van der Waals surface area contributed by atoms with E-state index in [1.807, 2.05) is 42.6 Å². The molecule has 0 fully saturated rings. The zero-order valence-corrected chi connectivity index (χ0v) is 16.9. The van der Waals surface area contributed by atoms with Crippen molar-refractivity contribution in [2.75, 3.05) is 0 Å². The number of nitro benzene ring substituents is 1. The first kappa shape index (κ1) is 19.5. The van der Waals surface area contributed by atoms with Crippen LogP contribution in [-0.2, 0) is 11.2 Å². The van der Waals surface area contributed by atoms with E-state index in [0.717, 1.165) is 33.5 Å². The summed E-state index contributed by atoms with van der Waals surface area (Å²) in [5.41, 5.74) is 4.85. The van der Waals surface area contributed by atoms with Crippen LogP contribution in [0.5, 0.6) is 5.75 Å². The van der Waals surface area contributed by atoms with Gasteiger partial charge < -0.3 is 4.74 Å². The maximum absolute atomic E-state index is 12.3. The zero-order chi connectivity index (χ0) is 21.4. The lowest BCUT2D eigenvalue weighted by Gasteiger charge is -2.11. The number of aryl methyl sites for hydroxylation is 3. The van der Waals surface area contributed by atoms with Crippen molar-refractivity contribution >= 4 is 28.2 Å². The number of esters is 1. The quantitative estimate of drug-likeness (QED) is 0.213. The number of hydrogen-bond acceptors (Lipinski definition) is 6. The van der Waals surface area contributed by atoms with Gasteiger partial charge in [0.25, 0.3) is 5.69 Å². The van der Waals surface area contributed by atoms with Crippen molar-refractivity contribution in [3.8, 4) is 5.75 Å². The summed E-state index contributed by atoms with van der Waals surface area (Å²) in [7, 11) is 0. The van der Waals surface area contributed by atoms with Crippen molar-refractivity contribution in [3.05, 3.63) is 75.1 Å². The number of carbonyl (C=O) groups is 1. The van der Waals surface area contributed by atoms with Crippen LogP contribution in [0, 0.1) is 30.9 Å². The Kier molecular flexibility index (Phi) is 4.91. The average Bonchev–Trinajstić information content (AvgIpc) is 3.06. The minimum Gasteiger partial charge on any atom is -0.427 e. The summed E-state index contributed by atoms with van der Waals surface area (Å²) in [6.07, 6.45) is 0.618. The summed E-state index contributed by atoms with van der Waals surface area (Å²) in [4.78, 5) is 27.5. The van der Waals surface area contributed by atoms with Crippen molar-refractivity contribution < 1.29 is 14.5 Å². The van der Waals surface area contributed by atoms with E-state index in [-0.39, 0.29) is 12.1 Å². The molecule has 0 aliphatic heterocycles. The van der Waals surface area contributed by atoms with E-state index >= 15 is 0 Å². The summed E-state index contributed by atoms with van der Waals surface area (Å²) >= 11 is 0. The Balaban J connectivity index is 1.53. The predicted octanol–water partition coefficient (Wildman–Crippen LogP) is 4.25. The van der Waals surface area contributed by atoms with Crippen molar-refractivity contribution in [2.45, 2.75) is 33.6 Å². The van der Waals surface area contributed by atoms with Gasteiger partial charge in [-0.3, -0.25) is 14.9 Å². The Morgan fingerprint density at radius 2 is 1.93 bits per heavy atom. The lowest BCUT2D eigenvalue weighted by molar-refractivity contribution is -0.385. The number of nitrogens with zero attached hydrogens (tertiary/aromatic N) is 4. The summed E-state index contributed by atoms with van der Waals surface area (Å²) < 4.78 is 7.18. The molecule has 30 heavy (non-hydrogen) atoms. The Bertz CT molecular complexity index is 1310. The highest BCUT2D eigenvalue weighted by molar-refractivity contribution is 5.92. The molecule has 0 radical (unpaired) electrons. The fourth-order valence-corrected chi connectivity index (χ4v) is 3.64. The van der Waals surface area contributed by atoms with Crippen LogP contribution in [0.4, 0.5) is 5.69 Å². The molecule has 8 nitrogen and oxygen atoms in total. The molecule has 2 aromatic heterocycles. The molecule has 0 unspecified atom stereocenters. The number of hydrogen-bond donors (Lipinski definition) is 0. The molecule has 8 heteroatoms. The van der Waals surface area contributed by atoms with Crippen LogP contribution >= 0.6 is 0 Å². The highest BCUT2D eigenvalue weighted by atomic mass is 16.6. The summed E-state index contributed by atoms with van der Waals surface area (Å²) in [5, 5.41) is 16.5. The third kappa shape index (κ3) is 3.47. The predicted molar refractivity (Wildman–Crippen MR) is 112 cm³/mol. The highest BCUT2D eigenvalue weighted by Crippen LogP contribution is 2.25. The van der Waals surface area contributed by atoms with Crippen LogP contribution < -0.4 is 4.74 Å². The van der Waals surface area contributed by atoms with Crippen molar-refractivity contribution in [1.29, 1.82) is 0 Å². The highest BCUT2D eigenvalue weighted by Gasteiger charge is 2.16. The van der Waals surface area contributed by atoms with E-state index < -0.39 is 10.9 Å². The van der Waals surface area contributed by atoms with Gasteiger partial charge in [-0.15, -0.1) is 0 Å². The van der Waals surface area contributed by atoms with Gasteiger partial charge in [0.2, 0.25) is 0 Å². The van der Waals surface area contributed by atoms with Crippen LogP contribution in [0.15, 0.2) is 42.5 Å². The maximum atomic E-state index is 12.3. The van der Waals surface area contributed by atoms with Crippen LogP contribution in [0.25, 0.3) is 16.6 Å². The Labute approximate surface area is 172 Å². The number of aromatic nitrogens is 3. The smallest absolute Gasteiger partial charge is 0.311 e. The molecular weight excluding hydrogens is 384 g/mol. The summed E-state index contributed by atoms with van der Waals surface area (Å²) in [6, 6.07) is 12.1. The Hall–Kier alpha value is -3.81. The number of carbonyl (C=O) groups excluding carboxylic acids is 1. The number of rotatable bonds is 5. The molecule has 2 heterocycles. The van der Waals surface area contributed by atoms with Gasteiger partial charge in [0, 0.05) is 28.4 Å². The standard InChI is InChI=1S/C22H20N4O4/c1-13-12-16(8-10-20(13)26(28)29)30-21(27)11-9-17-14(2)23-22-18-6-4-5-7-19(18)24-25(22)15(17)3/h4-8,10,12H,9,11H2,1-3H3. The molecule has 0 aliphatic rings. The van der Waals surface area contributed by atoms with E-state index in [4.69, 9.17) is 9.72 Å². The Morgan fingerprint density at radius 1 is 1.17 bits per heavy atom. The molecule has 0 spiro atoms. The van der Waals surface area contributed by atoms with Gasteiger partial charge in [-0.2, -0.15) is 5.10 Å². The fourth-order valence-electron chi connectivity index (χ4n) is 3.64. The monoisotopic (exact) mass is 404 g/mol. The normalized spacial score (nSPS) is 11.2. The fraction of sp³-hybridized carbons (Fsp3) is 0.227. The van der Waals surface area contributed by atoms with Gasteiger partial charge in [0.05, 0.1) is 16.9 Å². The van der Waals surface area contributed by atoms with E-state index in [2.05, 4.69) is 5.10 Å². The molecule has 0 saturated carbocycles. The van der Waals surface area contributed by atoms with Crippen molar-refractivity contribution in [2.24, 2.45) is 0 Å². The molecular formula is C22H20N4O4. The molecule has 4 aromatic rings. The largest absolute Gasteiger partial charge is 0.427 e. The first-order valence-corrected chi connectivity index (χ1v) is 9.54. The first-order chi connectivity index (χ1) is 14.3. The summed E-state index contributed by atoms with van der Waals surface area (Å²) in [6.45, 7) is 5.50. The molecule has 0 atom stereocenters. The second-order valence-corrected chi connectivity index (χ2v) is 7.19. The molecule has 0 saturated heterocycles. The summed E-state index contributed by atoms with van der Waals surface area (Å²) in [5.74, 6) is -0.115. The number of nitro groups is 1. The number of fused-ring (bicyclic) bond motifs is 3. The van der Waals surface area contributed by atoms with Crippen LogP contribution in [0.3, 0.4) is 0 Å². The molecule has 152 valence electrons. The SMILES string of the molecule is Cc1cc(OC(=O)CCc2c(C)nc3c4ccccc4nn3c2C)ccc1[N+](=O)[O-]. The minimum atomic E-state index is -0.464.